The van der Waals surface area contributed by atoms with E-state index in [1.54, 1.807) is 46.3 Å². The maximum Gasteiger partial charge on any atom is 0.410 e. The molecule has 1 aliphatic rings. The first-order valence-corrected chi connectivity index (χ1v) is 9.82. The molecule has 2 amide bonds. The Balaban J connectivity index is 1.94. The number of anilines is 1. The Labute approximate surface area is 174 Å². The van der Waals surface area contributed by atoms with Gasteiger partial charge in [-0.1, -0.05) is 6.07 Å². The molecule has 1 aromatic heterocycles. The zero-order valence-electron chi connectivity index (χ0n) is 17.6. The number of rotatable bonds is 4. The van der Waals surface area contributed by atoms with E-state index >= 15 is 4.39 Å². The summed E-state index contributed by atoms with van der Waals surface area (Å²) in [6.07, 6.45) is 2.42. The van der Waals surface area contributed by atoms with Gasteiger partial charge in [0.05, 0.1) is 5.69 Å². The number of carbonyl (C=O) groups is 2. The van der Waals surface area contributed by atoms with E-state index in [4.69, 9.17) is 4.74 Å². The first-order chi connectivity index (χ1) is 14.1. The highest BCUT2D eigenvalue weighted by Crippen LogP contribution is 2.31. The van der Waals surface area contributed by atoms with Crippen molar-refractivity contribution in [1.29, 1.82) is 0 Å². The monoisotopic (exact) mass is 418 g/mol. The van der Waals surface area contributed by atoms with Crippen molar-refractivity contribution >= 4 is 17.7 Å². The standard InChI is InChI=1S/C21H27FN4O4/c1-21(2,3)30-20(29)25(4)17(18-23-9-10-24-18)13-7-8-15(14(22)12-13)26-11-5-6-16(27)19(26)28/h7-10,12,16-17,27H,5-6,11H2,1-4H3,(H,23,24). The quantitative estimate of drug-likeness (QED) is 0.795. The summed E-state index contributed by atoms with van der Waals surface area (Å²) in [5, 5.41) is 9.81. The van der Waals surface area contributed by atoms with Crippen molar-refractivity contribution in [1.82, 2.24) is 14.9 Å². The molecule has 1 aromatic carbocycles. The van der Waals surface area contributed by atoms with Gasteiger partial charge < -0.3 is 19.7 Å². The minimum Gasteiger partial charge on any atom is -0.444 e. The second kappa shape index (κ2) is 8.43. The highest BCUT2D eigenvalue weighted by atomic mass is 19.1. The van der Waals surface area contributed by atoms with Gasteiger partial charge in [-0.05, 0) is 51.3 Å². The van der Waals surface area contributed by atoms with Crippen molar-refractivity contribution in [2.45, 2.75) is 51.4 Å². The molecule has 2 heterocycles. The van der Waals surface area contributed by atoms with Gasteiger partial charge in [0.25, 0.3) is 5.91 Å². The first-order valence-electron chi connectivity index (χ1n) is 9.82. The molecule has 2 atom stereocenters. The number of H-pyrrole nitrogens is 1. The third-order valence-electron chi connectivity index (χ3n) is 4.84. The number of aliphatic hydroxyl groups excluding tert-OH is 1. The summed E-state index contributed by atoms with van der Waals surface area (Å²) in [7, 11) is 1.55. The average Bonchev–Trinajstić information content (AvgIpc) is 3.17. The molecular weight excluding hydrogens is 391 g/mol. The third kappa shape index (κ3) is 4.62. The average molecular weight is 418 g/mol. The summed E-state index contributed by atoms with van der Waals surface area (Å²) in [4.78, 5) is 34.7. The highest BCUT2D eigenvalue weighted by Gasteiger charge is 2.32. The molecule has 3 rings (SSSR count). The Kier molecular flexibility index (Phi) is 6.12. The number of aromatic nitrogens is 2. The number of hydrogen-bond acceptors (Lipinski definition) is 5. The number of piperidine rings is 1. The van der Waals surface area contributed by atoms with E-state index in [-0.39, 0.29) is 5.69 Å². The Morgan fingerprint density at radius 1 is 1.43 bits per heavy atom. The van der Waals surface area contributed by atoms with Crippen LogP contribution in [0.5, 0.6) is 0 Å². The van der Waals surface area contributed by atoms with Gasteiger partial charge in [0.2, 0.25) is 0 Å². The topological polar surface area (TPSA) is 98.8 Å². The summed E-state index contributed by atoms with van der Waals surface area (Å²) < 4.78 is 20.5. The van der Waals surface area contributed by atoms with Gasteiger partial charge in [-0.3, -0.25) is 9.69 Å². The molecule has 1 saturated heterocycles. The summed E-state index contributed by atoms with van der Waals surface area (Å²) >= 11 is 0. The lowest BCUT2D eigenvalue weighted by molar-refractivity contribution is -0.128. The van der Waals surface area contributed by atoms with Crippen LogP contribution in [0.3, 0.4) is 0 Å². The van der Waals surface area contributed by atoms with Crippen molar-refractivity contribution in [3.8, 4) is 0 Å². The fourth-order valence-corrected chi connectivity index (χ4v) is 3.44. The number of benzene rings is 1. The molecule has 2 N–H and O–H groups in total. The summed E-state index contributed by atoms with van der Waals surface area (Å²) in [5.41, 5.74) is -0.130. The van der Waals surface area contributed by atoms with Gasteiger partial charge >= 0.3 is 6.09 Å². The molecule has 30 heavy (non-hydrogen) atoms. The van der Waals surface area contributed by atoms with Crippen LogP contribution in [-0.2, 0) is 9.53 Å². The fraction of sp³-hybridized carbons (Fsp3) is 0.476. The van der Waals surface area contributed by atoms with Gasteiger partial charge in [0.15, 0.2) is 0 Å². The lowest BCUT2D eigenvalue weighted by atomic mass is 10.0. The SMILES string of the molecule is CN(C(=O)OC(C)(C)C)C(c1ccc(N2CCCC(O)C2=O)c(F)c1)c1ncc[nH]1. The minimum atomic E-state index is -1.12. The second-order valence-corrected chi connectivity index (χ2v) is 8.33. The third-order valence-corrected chi connectivity index (χ3v) is 4.84. The van der Waals surface area contributed by atoms with E-state index in [1.807, 2.05) is 0 Å². The molecule has 9 heteroatoms. The van der Waals surface area contributed by atoms with Crippen LogP contribution in [0.15, 0.2) is 30.6 Å². The van der Waals surface area contributed by atoms with Crippen LogP contribution in [0.25, 0.3) is 0 Å². The number of hydrogen-bond donors (Lipinski definition) is 2. The van der Waals surface area contributed by atoms with Crippen LogP contribution < -0.4 is 4.90 Å². The van der Waals surface area contributed by atoms with Crippen LogP contribution >= 0.6 is 0 Å². The summed E-state index contributed by atoms with van der Waals surface area (Å²) in [6, 6.07) is 3.68. The van der Waals surface area contributed by atoms with Crippen LogP contribution in [0.2, 0.25) is 0 Å². The largest absolute Gasteiger partial charge is 0.444 e. The van der Waals surface area contributed by atoms with E-state index in [0.717, 1.165) is 0 Å². The van der Waals surface area contributed by atoms with E-state index < -0.39 is 35.6 Å². The van der Waals surface area contributed by atoms with Crippen LogP contribution in [-0.4, -0.2) is 57.3 Å². The smallest absolute Gasteiger partial charge is 0.410 e. The van der Waals surface area contributed by atoms with Crippen molar-refractivity contribution in [3.63, 3.8) is 0 Å². The molecule has 1 fully saturated rings. The predicted molar refractivity (Wildman–Crippen MR) is 108 cm³/mol. The van der Waals surface area contributed by atoms with Gasteiger partial charge in [-0.2, -0.15) is 0 Å². The van der Waals surface area contributed by atoms with Crippen LogP contribution in [0, 0.1) is 5.82 Å². The molecule has 8 nitrogen and oxygen atoms in total. The number of nitrogens with zero attached hydrogens (tertiary/aromatic N) is 3. The lowest BCUT2D eigenvalue weighted by Gasteiger charge is -2.32. The second-order valence-electron chi connectivity index (χ2n) is 8.33. The van der Waals surface area contributed by atoms with Crippen molar-refractivity contribution in [3.05, 3.63) is 47.8 Å². The molecule has 0 aliphatic carbocycles. The zero-order valence-corrected chi connectivity index (χ0v) is 17.6. The minimum absolute atomic E-state index is 0.0978. The molecule has 0 saturated carbocycles. The molecule has 162 valence electrons. The molecule has 0 bridgehead atoms. The maximum absolute atomic E-state index is 15.0. The normalized spacial score (nSPS) is 18.3. The van der Waals surface area contributed by atoms with Crippen molar-refractivity contribution < 1.29 is 23.8 Å². The van der Waals surface area contributed by atoms with E-state index in [1.165, 1.54) is 21.9 Å². The lowest BCUT2D eigenvalue weighted by Crippen LogP contribution is -2.44. The number of carbonyl (C=O) groups excluding carboxylic acids is 2. The molecule has 2 unspecified atom stereocenters. The molecular formula is C21H27FN4O4. The molecule has 1 aliphatic heterocycles. The van der Waals surface area contributed by atoms with E-state index in [9.17, 15) is 14.7 Å². The predicted octanol–water partition coefficient (Wildman–Crippen LogP) is 2.99. The van der Waals surface area contributed by atoms with Crippen molar-refractivity contribution in [2.75, 3.05) is 18.5 Å². The summed E-state index contributed by atoms with van der Waals surface area (Å²) in [5.74, 6) is -0.689. The van der Waals surface area contributed by atoms with E-state index in [0.29, 0.717) is 30.8 Å². The number of imidazole rings is 1. The highest BCUT2D eigenvalue weighted by molar-refractivity contribution is 5.97. The number of amides is 2. The number of aliphatic hydroxyl groups is 1. The van der Waals surface area contributed by atoms with Crippen LogP contribution in [0.1, 0.15) is 51.0 Å². The zero-order chi connectivity index (χ0) is 22.1. The first kappa shape index (κ1) is 21.8. The number of ether oxygens (including phenoxy) is 1. The van der Waals surface area contributed by atoms with Gasteiger partial charge in [0, 0.05) is 26.0 Å². The Morgan fingerprint density at radius 2 is 2.17 bits per heavy atom. The molecule has 0 spiro atoms. The van der Waals surface area contributed by atoms with Gasteiger partial charge in [0.1, 0.15) is 29.4 Å². The molecule has 2 aromatic rings. The Bertz CT molecular complexity index is 910. The van der Waals surface area contributed by atoms with Gasteiger partial charge in [-0.15, -0.1) is 0 Å². The summed E-state index contributed by atoms with van der Waals surface area (Å²) in [6.45, 7) is 5.63. The van der Waals surface area contributed by atoms with Gasteiger partial charge in [-0.25, -0.2) is 14.2 Å². The Morgan fingerprint density at radius 3 is 2.77 bits per heavy atom. The Hall–Kier alpha value is -2.94. The number of aromatic amines is 1. The van der Waals surface area contributed by atoms with Crippen molar-refractivity contribution in [2.24, 2.45) is 0 Å². The fourth-order valence-electron chi connectivity index (χ4n) is 3.44. The van der Waals surface area contributed by atoms with E-state index in [2.05, 4.69) is 9.97 Å². The van der Waals surface area contributed by atoms with Crippen LogP contribution in [0.4, 0.5) is 14.9 Å². The number of nitrogens with one attached hydrogen (secondary N) is 1. The number of halogens is 1. The maximum atomic E-state index is 15.0. The molecule has 0 radical (unpaired) electrons.